The number of hydrogen-bond acceptors (Lipinski definition) is 2. The summed E-state index contributed by atoms with van der Waals surface area (Å²) in [6.45, 7) is 3.84. The molecule has 0 aliphatic rings. The fourth-order valence-corrected chi connectivity index (χ4v) is 1.76. The quantitative estimate of drug-likeness (QED) is 0.781. The van der Waals surface area contributed by atoms with Gasteiger partial charge in [-0.05, 0) is 32.0 Å². The van der Waals surface area contributed by atoms with Crippen molar-refractivity contribution in [1.29, 1.82) is 0 Å². The molecule has 4 heteroatoms. The first-order chi connectivity index (χ1) is 6.66. The zero-order valence-electron chi connectivity index (χ0n) is 8.03. The topological polar surface area (TPSA) is 30.7 Å². The second kappa shape index (κ2) is 3.53. The smallest absolute Gasteiger partial charge is 0.148 e. The molecule has 0 aliphatic heterocycles. The van der Waals surface area contributed by atoms with Crippen molar-refractivity contribution in [1.82, 2.24) is 14.8 Å². The van der Waals surface area contributed by atoms with Crippen molar-refractivity contribution in [2.75, 3.05) is 0 Å². The van der Waals surface area contributed by atoms with Crippen LogP contribution in [0.1, 0.15) is 11.6 Å². The molecule has 0 bridgehead atoms. The Morgan fingerprint density at radius 3 is 2.64 bits per heavy atom. The van der Waals surface area contributed by atoms with Crippen molar-refractivity contribution in [3.63, 3.8) is 0 Å². The first-order valence-corrected chi connectivity index (χ1v) is 5.12. The van der Waals surface area contributed by atoms with E-state index in [2.05, 4.69) is 26.0 Å². The first-order valence-electron chi connectivity index (χ1n) is 4.33. The van der Waals surface area contributed by atoms with Gasteiger partial charge < -0.3 is 0 Å². The molecule has 0 amide bonds. The van der Waals surface area contributed by atoms with Crippen LogP contribution in [0.15, 0.2) is 28.7 Å². The molecule has 72 valence electrons. The number of aryl methyl sites for hydroxylation is 2. The minimum atomic E-state index is 0.794. The molecule has 0 atom stereocenters. The van der Waals surface area contributed by atoms with Gasteiger partial charge in [0, 0.05) is 4.47 Å². The summed E-state index contributed by atoms with van der Waals surface area (Å²) in [4.78, 5) is 4.25. The molecular weight excluding hydrogens is 242 g/mol. The SMILES string of the molecule is Cc1nc(C)n(-c2cccc(Br)c2)n1. The van der Waals surface area contributed by atoms with Gasteiger partial charge >= 0.3 is 0 Å². The molecule has 0 spiro atoms. The summed E-state index contributed by atoms with van der Waals surface area (Å²) in [6, 6.07) is 7.99. The molecule has 0 N–H and O–H groups in total. The molecule has 0 aliphatic carbocycles. The van der Waals surface area contributed by atoms with Crippen LogP contribution in [0.4, 0.5) is 0 Å². The average Bonchev–Trinajstić information content (AvgIpc) is 2.45. The van der Waals surface area contributed by atoms with Crippen LogP contribution in [0.5, 0.6) is 0 Å². The maximum absolute atomic E-state index is 4.31. The second-order valence-corrected chi connectivity index (χ2v) is 4.01. The van der Waals surface area contributed by atoms with Crippen LogP contribution in [-0.2, 0) is 0 Å². The van der Waals surface area contributed by atoms with Crippen molar-refractivity contribution in [3.8, 4) is 5.69 Å². The van der Waals surface area contributed by atoms with Gasteiger partial charge in [-0.2, -0.15) is 5.10 Å². The molecule has 3 nitrogen and oxygen atoms in total. The van der Waals surface area contributed by atoms with Gasteiger partial charge in [0.25, 0.3) is 0 Å². The van der Waals surface area contributed by atoms with E-state index in [0.717, 1.165) is 21.8 Å². The third-order valence-electron chi connectivity index (χ3n) is 1.93. The molecule has 0 fully saturated rings. The Morgan fingerprint density at radius 1 is 1.29 bits per heavy atom. The van der Waals surface area contributed by atoms with E-state index in [1.807, 2.05) is 42.8 Å². The third-order valence-corrected chi connectivity index (χ3v) is 2.42. The van der Waals surface area contributed by atoms with E-state index >= 15 is 0 Å². The van der Waals surface area contributed by atoms with Crippen LogP contribution in [0.25, 0.3) is 5.69 Å². The monoisotopic (exact) mass is 251 g/mol. The van der Waals surface area contributed by atoms with Crippen LogP contribution >= 0.6 is 15.9 Å². The Bertz CT molecular complexity index is 462. The largest absolute Gasteiger partial charge is 0.218 e. The van der Waals surface area contributed by atoms with Gasteiger partial charge in [-0.3, -0.25) is 0 Å². The van der Waals surface area contributed by atoms with Crippen LogP contribution < -0.4 is 0 Å². The number of benzene rings is 1. The summed E-state index contributed by atoms with van der Waals surface area (Å²) in [5.41, 5.74) is 1.03. The minimum absolute atomic E-state index is 0.794. The van der Waals surface area contributed by atoms with Crippen molar-refractivity contribution in [2.45, 2.75) is 13.8 Å². The first kappa shape index (κ1) is 9.40. The van der Waals surface area contributed by atoms with Gasteiger partial charge in [-0.1, -0.05) is 22.0 Å². The standard InChI is InChI=1S/C10H10BrN3/c1-7-12-8(2)14(13-7)10-5-3-4-9(11)6-10/h3-6H,1-2H3. The van der Waals surface area contributed by atoms with Gasteiger partial charge in [0.2, 0.25) is 0 Å². The summed E-state index contributed by atoms with van der Waals surface area (Å²) >= 11 is 3.43. The van der Waals surface area contributed by atoms with E-state index in [9.17, 15) is 0 Å². The van der Waals surface area contributed by atoms with Crippen LogP contribution in [-0.4, -0.2) is 14.8 Å². The van der Waals surface area contributed by atoms with Gasteiger partial charge in [-0.15, -0.1) is 0 Å². The molecule has 14 heavy (non-hydrogen) atoms. The maximum Gasteiger partial charge on any atom is 0.148 e. The van der Waals surface area contributed by atoms with E-state index in [4.69, 9.17) is 0 Å². The van der Waals surface area contributed by atoms with Gasteiger partial charge in [0.15, 0.2) is 0 Å². The van der Waals surface area contributed by atoms with Crippen molar-refractivity contribution in [2.24, 2.45) is 0 Å². The van der Waals surface area contributed by atoms with Crippen LogP contribution in [0.3, 0.4) is 0 Å². The highest BCUT2D eigenvalue weighted by atomic mass is 79.9. The predicted molar refractivity (Wildman–Crippen MR) is 58.5 cm³/mol. The molecule has 1 heterocycles. The number of halogens is 1. The van der Waals surface area contributed by atoms with E-state index in [-0.39, 0.29) is 0 Å². The van der Waals surface area contributed by atoms with E-state index in [1.165, 1.54) is 0 Å². The maximum atomic E-state index is 4.31. The Kier molecular flexibility index (Phi) is 2.37. The number of aromatic nitrogens is 3. The molecule has 1 aromatic carbocycles. The van der Waals surface area contributed by atoms with E-state index in [0.29, 0.717) is 0 Å². The molecular formula is C10H10BrN3. The van der Waals surface area contributed by atoms with Gasteiger partial charge in [0.1, 0.15) is 11.6 Å². The lowest BCUT2D eigenvalue weighted by molar-refractivity contribution is 0.830. The number of rotatable bonds is 1. The molecule has 0 radical (unpaired) electrons. The molecule has 2 rings (SSSR count). The molecule has 0 saturated carbocycles. The lowest BCUT2D eigenvalue weighted by Crippen LogP contribution is -1.98. The van der Waals surface area contributed by atoms with Crippen LogP contribution in [0, 0.1) is 13.8 Å². The average molecular weight is 252 g/mol. The molecule has 2 aromatic rings. The molecule has 0 unspecified atom stereocenters. The third kappa shape index (κ3) is 1.70. The van der Waals surface area contributed by atoms with E-state index < -0.39 is 0 Å². The van der Waals surface area contributed by atoms with E-state index in [1.54, 1.807) is 0 Å². The summed E-state index contributed by atoms with van der Waals surface area (Å²) in [6.07, 6.45) is 0. The highest BCUT2D eigenvalue weighted by molar-refractivity contribution is 9.10. The normalized spacial score (nSPS) is 10.5. The second-order valence-electron chi connectivity index (χ2n) is 3.10. The zero-order chi connectivity index (χ0) is 10.1. The Morgan fingerprint density at radius 2 is 2.07 bits per heavy atom. The summed E-state index contributed by atoms with van der Waals surface area (Å²) in [5.74, 6) is 1.70. The lowest BCUT2D eigenvalue weighted by Gasteiger charge is -2.02. The van der Waals surface area contributed by atoms with Crippen molar-refractivity contribution < 1.29 is 0 Å². The van der Waals surface area contributed by atoms with Crippen LogP contribution in [0.2, 0.25) is 0 Å². The highest BCUT2D eigenvalue weighted by Crippen LogP contribution is 2.15. The van der Waals surface area contributed by atoms with Gasteiger partial charge in [-0.25, -0.2) is 9.67 Å². The summed E-state index contributed by atoms with van der Waals surface area (Å²) in [5, 5.41) is 4.31. The minimum Gasteiger partial charge on any atom is -0.218 e. The summed E-state index contributed by atoms with van der Waals surface area (Å²) < 4.78 is 2.88. The van der Waals surface area contributed by atoms with Crippen molar-refractivity contribution in [3.05, 3.63) is 40.4 Å². The predicted octanol–water partition coefficient (Wildman–Crippen LogP) is 2.65. The molecule has 1 aromatic heterocycles. The Balaban J connectivity index is 2.54. The van der Waals surface area contributed by atoms with Crippen molar-refractivity contribution >= 4 is 15.9 Å². The Hall–Kier alpha value is -1.16. The molecule has 0 saturated heterocycles. The zero-order valence-corrected chi connectivity index (χ0v) is 9.62. The highest BCUT2D eigenvalue weighted by Gasteiger charge is 2.04. The Labute approximate surface area is 90.9 Å². The fraction of sp³-hybridized carbons (Fsp3) is 0.200. The fourth-order valence-electron chi connectivity index (χ4n) is 1.37. The number of nitrogens with zero attached hydrogens (tertiary/aromatic N) is 3. The number of hydrogen-bond donors (Lipinski definition) is 0. The van der Waals surface area contributed by atoms with Gasteiger partial charge in [0.05, 0.1) is 5.69 Å². The summed E-state index contributed by atoms with van der Waals surface area (Å²) in [7, 11) is 0. The lowest BCUT2D eigenvalue weighted by atomic mass is 10.3.